The van der Waals surface area contributed by atoms with Gasteiger partial charge in [-0.1, -0.05) is 12.8 Å². The molecule has 0 aromatic carbocycles. The number of hydrogen-bond acceptors (Lipinski definition) is 2. The van der Waals surface area contributed by atoms with Crippen LogP contribution in [-0.2, 0) is 0 Å². The van der Waals surface area contributed by atoms with Gasteiger partial charge in [-0.15, -0.1) is 0 Å². The number of aromatic nitrogens is 1. The highest BCUT2D eigenvalue weighted by Gasteiger charge is 2.09. The molecular formula is C11H15BrN2. The standard InChI is InChI=1S/C11H15BrN2/c12-11-9-10(5-6-13-11)14-7-3-1-2-4-8-14/h5-6,9H,1-4,7-8H2. The number of nitrogens with zero attached hydrogens (tertiary/aromatic N) is 2. The molecule has 3 heteroatoms. The fraction of sp³-hybridized carbons (Fsp3) is 0.545. The van der Waals surface area contributed by atoms with Crippen LogP contribution in [0.1, 0.15) is 25.7 Å². The van der Waals surface area contributed by atoms with Crippen LogP contribution in [0.5, 0.6) is 0 Å². The summed E-state index contributed by atoms with van der Waals surface area (Å²) < 4.78 is 0.930. The maximum absolute atomic E-state index is 4.15. The van der Waals surface area contributed by atoms with Crippen molar-refractivity contribution in [2.45, 2.75) is 25.7 Å². The van der Waals surface area contributed by atoms with Crippen molar-refractivity contribution in [3.8, 4) is 0 Å². The van der Waals surface area contributed by atoms with Crippen LogP contribution in [0.3, 0.4) is 0 Å². The van der Waals surface area contributed by atoms with Crippen molar-refractivity contribution in [3.63, 3.8) is 0 Å². The van der Waals surface area contributed by atoms with Crippen molar-refractivity contribution in [1.29, 1.82) is 0 Å². The van der Waals surface area contributed by atoms with Crippen LogP contribution in [0, 0.1) is 0 Å². The Labute approximate surface area is 93.5 Å². The quantitative estimate of drug-likeness (QED) is 0.716. The zero-order valence-corrected chi connectivity index (χ0v) is 9.83. The highest BCUT2D eigenvalue weighted by Crippen LogP contribution is 2.21. The minimum absolute atomic E-state index is 0.930. The van der Waals surface area contributed by atoms with Crippen LogP contribution in [0.4, 0.5) is 5.69 Å². The predicted octanol–water partition coefficient (Wildman–Crippen LogP) is 3.22. The van der Waals surface area contributed by atoms with Gasteiger partial charge in [-0.3, -0.25) is 0 Å². The molecule has 1 aromatic rings. The van der Waals surface area contributed by atoms with Crippen molar-refractivity contribution in [1.82, 2.24) is 4.98 Å². The first-order valence-corrected chi connectivity index (χ1v) is 6.02. The van der Waals surface area contributed by atoms with E-state index in [0.29, 0.717) is 0 Å². The van der Waals surface area contributed by atoms with E-state index in [1.54, 1.807) is 0 Å². The van der Waals surface area contributed by atoms with Gasteiger partial charge in [0.1, 0.15) is 4.60 Å². The van der Waals surface area contributed by atoms with Gasteiger partial charge < -0.3 is 4.90 Å². The molecule has 1 aliphatic rings. The van der Waals surface area contributed by atoms with Gasteiger partial charge in [-0.05, 0) is 40.9 Å². The zero-order valence-electron chi connectivity index (χ0n) is 8.25. The van der Waals surface area contributed by atoms with Crippen molar-refractivity contribution in [2.75, 3.05) is 18.0 Å². The first-order chi connectivity index (χ1) is 6.86. The van der Waals surface area contributed by atoms with Gasteiger partial charge >= 0.3 is 0 Å². The molecule has 0 atom stereocenters. The third-order valence-electron chi connectivity index (χ3n) is 2.68. The Balaban J connectivity index is 2.12. The predicted molar refractivity (Wildman–Crippen MR) is 62.6 cm³/mol. The minimum Gasteiger partial charge on any atom is -0.371 e. The molecule has 1 saturated heterocycles. The van der Waals surface area contributed by atoms with E-state index in [-0.39, 0.29) is 0 Å². The van der Waals surface area contributed by atoms with Crippen molar-refractivity contribution in [2.24, 2.45) is 0 Å². The molecule has 0 bridgehead atoms. The second-order valence-electron chi connectivity index (χ2n) is 3.74. The molecule has 0 spiro atoms. The molecule has 0 amide bonds. The number of pyridine rings is 1. The van der Waals surface area contributed by atoms with Crippen LogP contribution >= 0.6 is 15.9 Å². The van der Waals surface area contributed by atoms with E-state index in [1.807, 2.05) is 6.20 Å². The molecule has 2 nitrogen and oxygen atoms in total. The number of anilines is 1. The topological polar surface area (TPSA) is 16.1 Å². The van der Waals surface area contributed by atoms with E-state index in [4.69, 9.17) is 0 Å². The Bertz CT molecular complexity index is 293. The summed E-state index contributed by atoms with van der Waals surface area (Å²) in [7, 11) is 0. The van der Waals surface area contributed by atoms with Crippen LogP contribution < -0.4 is 4.90 Å². The van der Waals surface area contributed by atoms with Crippen LogP contribution in [0.15, 0.2) is 22.9 Å². The molecule has 1 aliphatic heterocycles. The van der Waals surface area contributed by atoms with E-state index in [2.05, 4.69) is 37.9 Å². The van der Waals surface area contributed by atoms with Gasteiger partial charge in [0.05, 0.1) is 0 Å². The molecule has 2 rings (SSSR count). The van der Waals surface area contributed by atoms with Gasteiger partial charge in [0, 0.05) is 25.0 Å². The molecular weight excluding hydrogens is 240 g/mol. The van der Waals surface area contributed by atoms with Crippen LogP contribution in [-0.4, -0.2) is 18.1 Å². The molecule has 14 heavy (non-hydrogen) atoms. The summed E-state index contributed by atoms with van der Waals surface area (Å²) in [6.45, 7) is 2.38. The van der Waals surface area contributed by atoms with Gasteiger partial charge in [0.2, 0.25) is 0 Å². The van der Waals surface area contributed by atoms with Gasteiger partial charge in [-0.25, -0.2) is 4.98 Å². The lowest BCUT2D eigenvalue weighted by molar-refractivity contribution is 0.726. The molecule has 0 radical (unpaired) electrons. The molecule has 2 heterocycles. The fourth-order valence-corrected chi connectivity index (χ4v) is 2.27. The lowest BCUT2D eigenvalue weighted by Gasteiger charge is -2.22. The lowest BCUT2D eigenvalue weighted by Crippen LogP contribution is -2.23. The fourth-order valence-electron chi connectivity index (χ4n) is 1.92. The minimum atomic E-state index is 0.930. The molecule has 1 aromatic heterocycles. The molecule has 76 valence electrons. The summed E-state index contributed by atoms with van der Waals surface area (Å²) in [6, 6.07) is 4.20. The van der Waals surface area contributed by atoms with Gasteiger partial charge in [0.15, 0.2) is 0 Å². The average Bonchev–Trinajstić information content (AvgIpc) is 2.45. The van der Waals surface area contributed by atoms with E-state index < -0.39 is 0 Å². The third-order valence-corrected chi connectivity index (χ3v) is 3.12. The maximum atomic E-state index is 4.15. The monoisotopic (exact) mass is 254 g/mol. The Hall–Kier alpha value is -0.570. The zero-order chi connectivity index (χ0) is 9.80. The van der Waals surface area contributed by atoms with E-state index in [9.17, 15) is 0 Å². The Morgan fingerprint density at radius 3 is 2.50 bits per heavy atom. The summed E-state index contributed by atoms with van der Waals surface area (Å²) in [4.78, 5) is 6.61. The first-order valence-electron chi connectivity index (χ1n) is 5.23. The smallest absolute Gasteiger partial charge is 0.108 e. The Kier molecular flexibility index (Phi) is 3.40. The van der Waals surface area contributed by atoms with Crippen LogP contribution in [0.2, 0.25) is 0 Å². The van der Waals surface area contributed by atoms with E-state index >= 15 is 0 Å². The van der Waals surface area contributed by atoms with Crippen molar-refractivity contribution in [3.05, 3.63) is 22.9 Å². The molecule has 0 N–H and O–H groups in total. The second kappa shape index (κ2) is 4.78. The Morgan fingerprint density at radius 2 is 1.86 bits per heavy atom. The van der Waals surface area contributed by atoms with Gasteiger partial charge in [0.25, 0.3) is 0 Å². The van der Waals surface area contributed by atoms with Crippen molar-refractivity contribution >= 4 is 21.6 Å². The van der Waals surface area contributed by atoms with Crippen LogP contribution in [0.25, 0.3) is 0 Å². The van der Waals surface area contributed by atoms with Gasteiger partial charge in [-0.2, -0.15) is 0 Å². The molecule has 0 unspecified atom stereocenters. The normalized spacial score (nSPS) is 17.9. The number of rotatable bonds is 1. The average molecular weight is 255 g/mol. The third kappa shape index (κ3) is 2.47. The highest BCUT2D eigenvalue weighted by molar-refractivity contribution is 9.10. The maximum Gasteiger partial charge on any atom is 0.108 e. The lowest BCUT2D eigenvalue weighted by atomic mass is 10.2. The number of halogens is 1. The number of hydrogen-bond donors (Lipinski definition) is 0. The summed E-state index contributed by atoms with van der Waals surface area (Å²) in [5.74, 6) is 0. The van der Waals surface area contributed by atoms with E-state index in [0.717, 1.165) is 4.60 Å². The Morgan fingerprint density at radius 1 is 1.14 bits per heavy atom. The molecule has 0 aliphatic carbocycles. The molecule has 0 saturated carbocycles. The van der Waals surface area contributed by atoms with Crippen molar-refractivity contribution < 1.29 is 0 Å². The summed E-state index contributed by atoms with van der Waals surface area (Å²) in [5, 5.41) is 0. The summed E-state index contributed by atoms with van der Waals surface area (Å²) in [6.07, 6.45) is 7.26. The SMILES string of the molecule is Brc1cc(N2CCCCCC2)ccn1. The first kappa shape index (κ1) is 9.97. The summed E-state index contributed by atoms with van der Waals surface area (Å²) >= 11 is 3.41. The highest BCUT2D eigenvalue weighted by atomic mass is 79.9. The largest absolute Gasteiger partial charge is 0.371 e. The summed E-state index contributed by atoms with van der Waals surface area (Å²) in [5.41, 5.74) is 1.30. The second-order valence-corrected chi connectivity index (χ2v) is 4.55. The van der Waals surface area contributed by atoms with E-state index in [1.165, 1.54) is 44.5 Å². The molecule has 1 fully saturated rings.